The molecule has 1 aromatic rings. The smallest absolute Gasteiger partial charge is 0.136 e. The first-order valence-corrected chi connectivity index (χ1v) is 5.56. The van der Waals surface area contributed by atoms with Gasteiger partial charge < -0.3 is 10.1 Å². The number of ether oxygens (including phenoxy) is 1. The van der Waals surface area contributed by atoms with Gasteiger partial charge in [-0.05, 0) is 13.0 Å². The summed E-state index contributed by atoms with van der Waals surface area (Å²) in [6.07, 6.45) is 1.16. The van der Waals surface area contributed by atoms with Crippen LogP contribution in [0.3, 0.4) is 0 Å². The number of rotatable bonds is 2. The standard InChI is InChI=1S/C13H17NO2.ClH/c1-13(9-10(15)7-8-14-13)11-5-3-4-6-12(11)16-2;/h3-6,14H,7-9H2,1-2H3;1H. The number of hydrogen-bond donors (Lipinski definition) is 1. The summed E-state index contributed by atoms with van der Waals surface area (Å²) in [4.78, 5) is 11.6. The maximum atomic E-state index is 11.6. The van der Waals surface area contributed by atoms with Crippen molar-refractivity contribution in [1.29, 1.82) is 0 Å². The van der Waals surface area contributed by atoms with Gasteiger partial charge in [-0.25, -0.2) is 0 Å². The van der Waals surface area contributed by atoms with E-state index in [2.05, 4.69) is 12.2 Å². The van der Waals surface area contributed by atoms with Crippen LogP contribution in [0.15, 0.2) is 24.3 Å². The van der Waals surface area contributed by atoms with Crippen LogP contribution in [0.1, 0.15) is 25.3 Å². The van der Waals surface area contributed by atoms with Crippen LogP contribution in [0.4, 0.5) is 0 Å². The molecule has 1 N–H and O–H groups in total. The first-order chi connectivity index (χ1) is 7.65. The summed E-state index contributed by atoms with van der Waals surface area (Å²) < 4.78 is 5.35. The summed E-state index contributed by atoms with van der Waals surface area (Å²) in [7, 11) is 1.66. The van der Waals surface area contributed by atoms with E-state index in [0.29, 0.717) is 18.6 Å². The zero-order valence-electron chi connectivity index (χ0n) is 10.2. The van der Waals surface area contributed by atoms with Crippen molar-refractivity contribution in [3.8, 4) is 5.75 Å². The molecule has 0 aromatic heterocycles. The molecule has 0 saturated carbocycles. The molecule has 0 spiro atoms. The van der Waals surface area contributed by atoms with Crippen molar-refractivity contribution in [2.45, 2.75) is 25.3 Å². The highest BCUT2D eigenvalue weighted by Crippen LogP contribution is 2.34. The van der Waals surface area contributed by atoms with Gasteiger partial charge in [0.2, 0.25) is 0 Å². The van der Waals surface area contributed by atoms with Crippen LogP contribution in [0.2, 0.25) is 0 Å². The Bertz CT molecular complexity index is 408. The molecule has 1 heterocycles. The predicted octanol–water partition coefficient (Wildman–Crippen LogP) is 2.28. The van der Waals surface area contributed by atoms with Gasteiger partial charge in [0.25, 0.3) is 0 Å². The third-order valence-corrected chi connectivity index (χ3v) is 3.17. The number of nitrogens with one attached hydrogen (secondary N) is 1. The predicted molar refractivity (Wildman–Crippen MR) is 69.8 cm³/mol. The Morgan fingerprint density at radius 1 is 1.35 bits per heavy atom. The van der Waals surface area contributed by atoms with Crippen LogP contribution in [0.25, 0.3) is 0 Å². The van der Waals surface area contributed by atoms with Gasteiger partial charge in [0.05, 0.1) is 12.6 Å². The highest BCUT2D eigenvalue weighted by atomic mass is 35.5. The first-order valence-electron chi connectivity index (χ1n) is 5.56. The van der Waals surface area contributed by atoms with Crippen molar-refractivity contribution in [1.82, 2.24) is 5.32 Å². The molecule has 1 saturated heterocycles. The minimum atomic E-state index is -0.290. The fourth-order valence-electron chi connectivity index (χ4n) is 2.31. The molecule has 4 heteroatoms. The van der Waals surface area contributed by atoms with Crippen LogP contribution >= 0.6 is 12.4 Å². The molecule has 1 fully saturated rings. The SMILES string of the molecule is COc1ccccc1C1(C)CC(=O)CCN1.Cl. The van der Waals surface area contributed by atoms with Crippen LogP contribution in [0.5, 0.6) is 5.75 Å². The van der Waals surface area contributed by atoms with E-state index in [0.717, 1.165) is 17.9 Å². The largest absolute Gasteiger partial charge is 0.496 e. The van der Waals surface area contributed by atoms with Gasteiger partial charge in [0, 0.05) is 24.9 Å². The fourth-order valence-corrected chi connectivity index (χ4v) is 2.31. The fraction of sp³-hybridized carbons (Fsp3) is 0.462. The monoisotopic (exact) mass is 255 g/mol. The number of piperidine rings is 1. The Balaban J connectivity index is 0.00000144. The molecule has 2 rings (SSSR count). The minimum absolute atomic E-state index is 0. The molecule has 1 aromatic carbocycles. The number of ketones is 1. The van der Waals surface area contributed by atoms with Crippen LogP contribution in [-0.4, -0.2) is 19.4 Å². The highest BCUT2D eigenvalue weighted by Gasteiger charge is 2.34. The lowest BCUT2D eigenvalue weighted by molar-refractivity contribution is -0.122. The molecule has 17 heavy (non-hydrogen) atoms. The van der Waals surface area contributed by atoms with E-state index >= 15 is 0 Å². The Morgan fingerprint density at radius 3 is 2.71 bits per heavy atom. The number of Topliss-reactive ketones (excluding diaryl/α,β-unsaturated/α-hetero) is 1. The van der Waals surface area contributed by atoms with Gasteiger partial charge in [0.15, 0.2) is 0 Å². The molecule has 94 valence electrons. The number of halogens is 1. The van der Waals surface area contributed by atoms with E-state index in [9.17, 15) is 4.79 Å². The van der Waals surface area contributed by atoms with Crippen molar-refractivity contribution in [2.24, 2.45) is 0 Å². The van der Waals surface area contributed by atoms with Crippen molar-refractivity contribution in [3.05, 3.63) is 29.8 Å². The summed E-state index contributed by atoms with van der Waals surface area (Å²) in [5.41, 5.74) is 0.771. The maximum Gasteiger partial charge on any atom is 0.136 e. The molecular weight excluding hydrogens is 238 g/mol. The Hall–Kier alpha value is -1.06. The number of para-hydroxylation sites is 1. The summed E-state index contributed by atoms with van der Waals surface area (Å²) >= 11 is 0. The van der Waals surface area contributed by atoms with Crippen molar-refractivity contribution in [2.75, 3.05) is 13.7 Å². The second-order valence-electron chi connectivity index (χ2n) is 4.42. The van der Waals surface area contributed by atoms with Gasteiger partial charge >= 0.3 is 0 Å². The number of benzene rings is 1. The zero-order valence-corrected chi connectivity index (χ0v) is 11.0. The number of methoxy groups -OCH3 is 1. The average Bonchev–Trinajstić information content (AvgIpc) is 2.29. The zero-order chi connectivity index (χ0) is 11.6. The highest BCUT2D eigenvalue weighted by molar-refractivity contribution is 5.85. The van der Waals surface area contributed by atoms with Gasteiger partial charge in [-0.3, -0.25) is 4.79 Å². The van der Waals surface area contributed by atoms with Crippen molar-refractivity contribution < 1.29 is 9.53 Å². The topological polar surface area (TPSA) is 38.3 Å². The molecular formula is C13H18ClNO2. The molecule has 1 aliphatic rings. The third kappa shape index (κ3) is 2.79. The quantitative estimate of drug-likeness (QED) is 0.881. The van der Waals surface area contributed by atoms with E-state index in [-0.39, 0.29) is 17.9 Å². The van der Waals surface area contributed by atoms with E-state index in [1.54, 1.807) is 7.11 Å². The van der Waals surface area contributed by atoms with Gasteiger partial charge in [-0.2, -0.15) is 0 Å². The first kappa shape index (κ1) is 14.0. The Kier molecular flexibility index (Phi) is 4.54. The van der Waals surface area contributed by atoms with E-state index < -0.39 is 0 Å². The molecule has 0 aliphatic carbocycles. The van der Waals surface area contributed by atoms with Crippen LogP contribution in [0, 0.1) is 0 Å². The molecule has 3 nitrogen and oxygen atoms in total. The van der Waals surface area contributed by atoms with E-state index in [1.165, 1.54) is 0 Å². The lowest BCUT2D eigenvalue weighted by Crippen LogP contribution is -2.46. The summed E-state index contributed by atoms with van der Waals surface area (Å²) in [6.45, 7) is 2.80. The minimum Gasteiger partial charge on any atom is -0.496 e. The number of hydrogen-bond acceptors (Lipinski definition) is 3. The maximum absolute atomic E-state index is 11.6. The lowest BCUT2D eigenvalue weighted by atomic mass is 9.83. The van der Waals surface area contributed by atoms with Crippen molar-refractivity contribution >= 4 is 18.2 Å². The third-order valence-electron chi connectivity index (χ3n) is 3.17. The summed E-state index contributed by atoms with van der Waals surface area (Å²) in [5, 5.41) is 3.42. The van der Waals surface area contributed by atoms with E-state index in [1.807, 2.05) is 24.3 Å². The summed E-state index contributed by atoms with van der Waals surface area (Å²) in [6, 6.07) is 7.87. The van der Waals surface area contributed by atoms with Gasteiger partial charge in [-0.1, -0.05) is 18.2 Å². The van der Waals surface area contributed by atoms with Crippen LogP contribution < -0.4 is 10.1 Å². The van der Waals surface area contributed by atoms with E-state index in [4.69, 9.17) is 4.74 Å². The number of carbonyl (C=O) groups is 1. The molecule has 0 amide bonds. The molecule has 1 aliphatic heterocycles. The molecule has 0 radical (unpaired) electrons. The summed E-state index contributed by atoms with van der Waals surface area (Å²) in [5.74, 6) is 1.15. The number of carbonyl (C=O) groups excluding carboxylic acids is 1. The van der Waals surface area contributed by atoms with Gasteiger partial charge in [0.1, 0.15) is 11.5 Å². The Morgan fingerprint density at radius 2 is 2.06 bits per heavy atom. The second kappa shape index (κ2) is 5.52. The normalized spacial score (nSPS) is 24.0. The average molecular weight is 256 g/mol. The Labute approximate surface area is 108 Å². The molecule has 1 atom stereocenters. The van der Waals surface area contributed by atoms with Crippen molar-refractivity contribution in [3.63, 3.8) is 0 Å². The molecule has 1 unspecified atom stereocenters. The second-order valence-corrected chi connectivity index (χ2v) is 4.42. The molecule has 0 bridgehead atoms. The van der Waals surface area contributed by atoms with Crippen LogP contribution in [-0.2, 0) is 10.3 Å². The van der Waals surface area contributed by atoms with Gasteiger partial charge in [-0.15, -0.1) is 12.4 Å². The lowest BCUT2D eigenvalue weighted by Gasteiger charge is -2.35.